The number of hydrogen-bond acceptors (Lipinski definition) is 14. The molecule has 4 rings (SSSR count). The van der Waals surface area contributed by atoms with Crippen LogP contribution in [0.2, 0.25) is 5.02 Å². The van der Waals surface area contributed by atoms with Crippen LogP contribution in [-0.4, -0.2) is 73.1 Å². The number of urea groups is 1. The van der Waals surface area contributed by atoms with Gasteiger partial charge in [0.05, 0.1) is 34.4 Å². The van der Waals surface area contributed by atoms with Crippen LogP contribution in [0.25, 0.3) is 0 Å². The number of ether oxygens (including phenoxy) is 2. The van der Waals surface area contributed by atoms with E-state index in [1.807, 2.05) is 22.6 Å². The summed E-state index contributed by atoms with van der Waals surface area (Å²) in [4.78, 5) is 56.2. The number of aromatic nitrogens is 3. The van der Waals surface area contributed by atoms with Gasteiger partial charge in [-0.25, -0.2) is 35.9 Å². The Hall–Kier alpha value is -5.41. The molecule has 0 fully saturated rings. The van der Waals surface area contributed by atoms with Crippen LogP contribution in [0.3, 0.4) is 0 Å². The fourth-order valence-electron chi connectivity index (χ4n) is 3.83. The van der Waals surface area contributed by atoms with Gasteiger partial charge in [0.2, 0.25) is 16.0 Å². The molecule has 1 aromatic heterocycles. The van der Waals surface area contributed by atoms with Crippen molar-refractivity contribution in [3.05, 3.63) is 95.8 Å². The highest BCUT2D eigenvalue weighted by Crippen LogP contribution is 2.37. The molecule has 1 heterocycles. The van der Waals surface area contributed by atoms with Crippen molar-refractivity contribution in [1.29, 1.82) is 0 Å². The number of halogens is 5. The summed E-state index contributed by atoms with van der Waals surface area (Å²) in [5.41, 5.74) is -2.81. The normalized spacial score (nSPS) is 11.3. The first kappa shape index (κ1) is 43.0. The van der Waals surface area contributed by atoms with Gasteiger partial charge in [-0.1, -0.05) is 11.6 Å². The number of benzene rings is 3. The van der Waals surface area contributed by atoms with Gasteiger partial charge in [0.15, 0.2) is 0 Å². The fraction of sp³-hybridized carbons (Fsp3) is 0.143. The van der Waals surface area contributed by atoms with Crippen LogP contribution in [0.15, 0.2) is 59.5 Å². The maximum Gasteiger partial charge on any atom is 0.416 e. The van der Waals surface area contributed by atoms with E-state index in [1.165, 1.54) is 20.1 Å². The van der Waals surface area contributed by atoms with E-state index in [0.717, 1.165) is 36.4 Å². The first-order valence-electron chi connectivity index (χ1n) is 13.9. The molecule has 54 heavy (non-hydrogen) atoms. The van der Waals surface area contributed by atoms with Gasteiger partial charge in [-0.15, -0.1) is 0 Å². The predicted molar refractivity (Wildman–Crippen MR) is 189 cm³/mol. The lowest BCUT2D eigenvalue weighted by Gasteiger charge is -2.12. The Morgan fingerprint density at radius 1 is 0.963 bits per heavy atom. The van der Waals surface area contributed by atoms with Gasteiger partial charge in [-0.3, -0.25) is 20.2 Å². The van der Waals surface area contributed by atoms with E-state index in [2.05, 4.69) is 20.3 Å². The minimum Gasteiger partial charge on any atom is -0.478 e. The Balaban J connectivity index is 0.000000291. The molecule has 0 bridgehead atoms. The van der Waals surface area contributed by atoms with E-state index < -0.39 is 81.3 Å². The minimum absolute atomic E-state index is 0.0681. The number of carbonyl (C=O) groups is 3. The Morgan fingerprint density at radius 3 is 2.19 bits per heavy atom. The number of nitro groups is 1. The van der Waals surface area contributed by atoms with E-state index >= 15 is 0 Å². The standard InChI is InChI=1S/C15H10ClF3N2O6S.C13H12IN5O6S/c1-28(25,26)20-14(22)10-7-9(3-4-12(10)21(23)24)27-13-5-2-8(6-11(13)16)15(17,18)19;1-6-15-11(18-13(16-6)25-2)17-12(22)19-26(23,24)9-5-7(14)3-4-8(9)10(20)21/h2-7H,1H3,(H,20,22);3-5H,1-2H3,(H,20,21)(H2,15,16,17,18,19,22). The molecular formula is C28H22ClF3IN7O12S2. The Kier molecular flexibility index (Phi) is 13.7. The smallest absolute Gasteiger partial charge is 0.416 e. The number of sulfonamides is 2. The zero-order valence-corrected chi connectivity index (χ0v) is 31.7. The molecule has 3 aromatic carbocycles. The van der Waals surface area contributed by atoms with Gasteiger partial charge >= 0.3 is 24.2 Å². The molecule has 0 spiro atoms. The van der Waals surface area contributed by atoms with Crippen LogP contribution in [0.5, 0.6) is 17.5 Å². The molecule has 26 heteroatoms. The fourth-order valence-corrected chi connectivity index (χ4v) is 6.33. The van der Waals surface area contributed by atoms with E-state index in [9.17, 15) is 54.5 Å². The van der Waals surface area contributed by atoms with Crippen molar-refractivity contribution in [1.82, 2.24) is 24.4 Å². The van der Waals surface area contributed by atoms with Crippen LogP contribution in [0, 0.1) is 20.6 Å². The molecule has 0 aliphatic rings. The van der Waals surface area contributed by atoms with Crippen LogP contribution in [0.1, 0.15) is 32.1 Å². The number of anilines is 1. The summed E-state index contributed by atoms with van der Waals surface area (Å²) >= 11 is 7.59. The average Bonchev–Trinajstić information content (AvgIpc) is 3.03. The number of nitrogens with one attached hydrogen (secondary N) is 3. The van der Waals surface area contributed by atoms with Gasteiger partial charge in [-0.05, 0) is 72.0 Å². The summed E-state index contributed by atoms with van der Waals surface area (Å²) in [6, 6.07) is 7.55. The maximum atomic E-state index is 12.7. The van der Waals surface area contributed by atoms with Crippen molar-refractivity contribution in [3.63, 3.8) is 0 Å². The van der Waals surface area contributed by atoms with Crippen LogP contribution < -0.4 is 24.2 Å². The van der Waals surface area contributed by atoms with Crippen LogP contribution in [-0.2, 0) is 26.2 Å². The van der Waals surface area contributed by atoms with E-state index in [1.54, 1.807) is 9.44 Å². The number of hydrogen-bond donors (Lipinski definition) is 4. The number of aryl methyl sites for hydroxylation is 1. The SMILES string of the molecule is COc1nc(C)nc(NC(=O)NS(=O)(=O)c2cc(I)ccc2C(=O)O)n1.CS(=O)(=O)NC(=O)c1cc(Oc2ccc(C(F)(F)F)cc2Cl)ccc1[N+](=O)[O-]. The summed E-state index contributed by atoms with van der Waals surface area (Å²) in [6.45, 7) is 1.52. The monoisotopic (exact) mass is 931 g/mol. The van der Waals surface area contributed by atoms with Crippen LogP contribution >= 0.6 is 34.2 Å². The highest BCUT2D eigenvalue weighted by Gasteiger charge is 2.31. The lowest BCUT2D eigenvalue weighted by atomic mass is 10.1. The third-order valence-electron chi connectivity index (χ3n) is 6.00. The first-order valence-corrected chi connectivity index (χ1v) is 18.7. The van der Waals surface area contributed by atoms with Gasteiger partial charge in [-0.2, -0.15) is 28.1 Å². The Morgan fingerprint density at radius 2 is 1.63 bits per heavy atom. The summed E-state index contributed by atoms with van der Waals surface area (Å²) in [7, 11) is -7.14. The number of carbonyl (C=O) groups excluding carboxylic acids is 2. The molecule has 0 aliphatic carbocycles. The van der Waals surface area contributed by atoms with Gasteiger partial charge in [0, 0.05) is 15.7 Å². The molecule has 0 saturated heterocycles. The van der Waals surface area contributed by atoms with E-state index in [0.29, 0.717) is 22.0 Å². The number of aromatic carboxylic acids is 1. The lowest BCUT2D eigenvalue weighted by Crippen LogP contribution is -2.35. The van der Waals surface area contributed by atoms with Crippen LogP contribution in [0.4, 0.5) is 29.6 Å². The highest BCUT2D eigenvalue weighted by atomic mass is 127. The van der Waals surface area contributed by atoms with Gasteiger partial charge in [0.1, 0.15) is 27.8 Å². The second kappa shape index (κ2) is 17.2. The number of nitrogens with zero attached hydrogens (tertiary/aromatic N) is 4. The molecule has 0 saturated carbocycles. The molecule has 4 N–H and O–H groups in total. The van der Waals surface area contributed by atoms with Crippen molar-refractivity contribution in [2.75, 3.05) is 18.7 Å². The van der Waals surface area contributed by atoms with Crippen molar-refractivity contribution in [2.45, 2.75) is 18.0 Å². The van der Waals surface area contributed by atoms with Crippen molar-refractivity contribution >= 4 is 83.8 Å². The molecule has 0 unspecified atom stereocenters. The number of rotatable bonds is 10. The highest BCUT2D eigenvalue weighted by molar-refractivity contribution is 14.1. The Bertz CT molecular complexity index is 2370. The number of amides is 3. The number of carboxylic acid groups (broad SMARTS) is 1. The molecular weight excluding hydrogens is 910 g/mol. The number of alkyl halides is 3. The van der Waals surface area contributed by atoms with Gasteiger partial charge in [0.25, 0.3) is 21.6 Å². The Labute approximate surface area is 320 Å². The molecule has 288 valence electrons. The molecule has 3 amide bonds. The summed E-state index contributed by atoms with van der Waals surface area (Å²) in [5.74, 6) is -3.12. The molecule has 19 nitrogen and oxygen atoms in total. The summed E-state index contributed by atoms with van der Waals surface area (Å²) in [6.07, 6.45) is -3.94. The minimum atomic E-state index is -4.62. The second-order valence-corrected chi connectivity index (χ2v) is 15.1. The number of nitro benzene ring substituents is 1. The molecule has 0 atom stereocenters. The summed E-state index contributed by atoms with van der Waals surface area (Å²) in [5, 5.41) is 21.9. The largest absolute Gasteiger partial charge is 0.478 e. The first-order chi connectivity index (χ1) is 24.9. The third kappa shape index (κ3) is 12.1. The molecule has 4 aromatic rings. The lowest BCUT2D eigenvalue weighted by molar-refractivity contribution is -0.385. The van der Waals surface area contributed by atoms with Crippen molar-refractivity contribution < 1.29 is 63.9 Å². The van der Waals surface area contributed by atoms with E-state index in [4.69, 9.17) is 26.2 Å². The number of methoxy groups -OCH3 is 1. The quantitative estimate of drug-likeness (QED) is 0.0949. The zero-order valence-electron chi connectivity index (χ0n) is 27.1. The third-order valence-corrected chi connectivity index (χ3v) is 8.89. The average molecular weight is 932 g/mol. The van der Waals surface area contributed by atoms with Gasteiger partial charge < -0.3 is 14.6 Å². The number of carboxylic acids is 1. The molecule has 0 aliphatic heterocycles. The summed E-state index contributed by atoms with van der Waals surface area (Å²) < 4.78 is 99.0. The molecule has 0 radical (unpaired) electrons. The topological polar surface area (TPSA) is 276 Å². The zero-order chi connectivity index (χ0) is 40.8. The maximum absolute atomic E-state index is 12.7. The van der Waals surface area contributed by atoms with Crippen molar-refractivity contribution in [2.24, 2.45) is 0 Å². The predicted octanol–water partition coefficient (Wildman–Crippen LogP) is 4.75. The second-order valence-electron chi connectivity index (χ2n) is 10.1. The van der Waals surface area contributed by atoms with Crippen molar-refractivity contribution in [3.8, 4) is 17.5 Å². The van der Waals surface area contributed by atoms with E-state index in [-0.39, 0.29) is 29.3 Å².